The summed E-state index contributed by atoms with van der Waals surface area (Å²) in [5, 5.41) is 172. The number of aliphatic hydroxyl groups is 16. The molecule has 5 heterocycles. The summed E-state index contributed by atoms with van der Waals surface area (Å²) in [6, 6.07) is 0. The molecule has 5 saturated heterocycles. The fourth-order valence-corrected chi connectivity index (χ4v) is 17.6. The normalized spacial score (nSPS) is 54.8. The zero-order chi connectivity index (χ0) is 62.7. The lowest BCUT2D eigenvalue weighted by atomic mass is 9.32. The summed E-state index contributed by atoms with van der Waals surface area (Å²) < 4.78 is 59.5. The van der Waals surface area contributed by atoms with Gasteiger partial charge in [-0.05, 0) is 111 Å². The maximum atomic E-state index is 15.1. The second kappa shape index (κ2) is 24.9. The predicted molar refractivity (Wildman–Crippen MR) is 289 cm³/mol. The van der Waals surface area contributed by atoms with Gasteiger partial charge in [0.15, 0.2) is 25.2 Å². The number of hydrogen-bond donors (Lipinski definition) is 16. The Balaban J connectivity index is 0.838. The fourth-order valence-electron chi connectivity index (χ4n) is 17.6. The van der Waals surface area contributed by atoms with Crippen LogP contribution in [-0.2, 0) is 52.2 Å². The number of carbonyl (C=O) groups is 1. The lowest BCUT2D eigenvalue weighted by molar-refractivity contribution is -0.383. The maximum absolute atomic E-state index is 15.1. The molecule has 10 aliphatic rings. The van der Waals surface area contributed by atoms with Gasteiger partial charge >= 0.3 is 5.97 Å². The van der Waals surface area contributed by atoms with Gasteiger partial charge in [0.1, 0.15) is 110 Å². The third-order valence-corrected chi connectivity index (χ3v) is 23.2. The topological polar surface area (TPSA) is 433 Å². The van der Waals surface area contributed by atoms with Crippen molar-refractivity contribution in [2.45, 2.75) is 266 Å². The molecule has 4 saturated carbocycles. The van der Waals surface area contributed by atoms with Crippen LogP contribution in [0.1, 0.15) is 113 Å². The maximum Gasteiger partial charge on any atom is 0.318 e. The summed E-state index contributed by atoms with van der Waals surface area (Å²) in [5.74, 6) is -0.680. The Labute approximate surface area is 499 Å². The molecule has 494 valence electrons. The van der Waals surface area contributed by atoms with Crippen LogP contribution in [0.15, 0.2) is 11.6 Å². The number of aliphatic hydroxyl groups excluding tert-OH is 16. The van der Waals surface area contributed by atoms with E-state index in [0.29, 0.717) is 44.9 Å². The van der Waals surface area contributed by atoms with E-state index in [-0.39, 0.29) is 52.6 Å². The van der Waals surface area contributed by atoms with E-state index in [2.05, 4.69) is 40.7 Å². The van der Waals surface area contributed by atoms with E-state index >= 15 is 4.79 Å². The molecule has 0 aromatic carbocycles. The second-order valence-electron chi connectivity index (χ2n) is 28.4. The van der Waals surface area contributed by atoms with Gasteiger partial charge in [-0.25, -0.2) is 0 Å². The molecule has 16 N–H and O–H groups in total. The highest BCUT2D eigenvalue weighted by Crippen LogP contribution is 2.76. The van der Waals surface area contributed by atoms with Crippen molar-refractivity contribution in [1.29, 1.82) is 0 Å². The van der Waals surface area contributed by atoms with Gasteiger partial charge in [0, 0.05) is 5.41 Å². The van der Waals surface area contributed by atoms with Crippen LogP contribution in [0.25, 0.3) is 0 Å². The Morgan fingerprint density at radius 3 is 1.73 bits per heavy atom. The highest BCUT2D eigenvalue weighted by atomic mass is 16.8. The van der Waals surface area contributed by atoms with Crippen LogP contribution >= 0.6 is 0 Å². The van der Waals surface area contributed by atoms with Gasteiger partial charge in [-0.3, -0.25) is 4.79 Å². The van der Waals surface area contributed by atoms with Crippen molar-refractivity contribution < 1.29 is 134 Å². The molecule has 0 aromatic rings. The average Bonchev–Trinajstić information content (AvgIpc) is 0.689. The Hall–Kier alpha value is -1.79. The molecule has 5 aliphatic heterocycles. The average molecular weight is 1240 g/mol. The molecule has 0 amide bonds. The van der Waals surface area contributed by atoms with E-state index in [1.54, 1.807) is 0 Å². The Bertz CT molecular complexity index is 2380. The summed E-state index contributed by atoms with van der Waals surface area (Å²) in [6.45, 7) is 12.1. The highest BCUT2D eigenvalue weighted by Gasteiger charge is 2.71. The second-order valence-corrected chi connectivity index (χ2v) is 28.4. The van der Waals surface area contributed by atoms with Crippen molar-refractivity contribution in [3.63, 3.8) is 0 Å². The van der Waals surface area contributed by atoms with Crippen LogP contribution in [-0.4, -0.2) is 274 Å². The zero-order valence-corrected chi connectivity index (χ0v) is 50.0. The third-order valence-electron chi connectivity index (χ3n) is 23.2. The van der Waals surface area contributed by atoms with E-state index in [4.69, 9.17) is 47.4 Å². The zero-order valence-electron chi connectivity index (χ0n) is 50.0. The molecule has 27 nitrogen and oxygen atoms in total. The fraction of sp³-hybridized carbons (Fsp3) is 0.949. The first-order chi connectivity index (χ1) is 40.4. The Kier molecular flexibility index (Phi) is 19.4. The van der Waals surface area contributed by atoms with E-state index in [1.165, 1.54) is 6.92 Å². The summed E-state index contributed by atoms with van der Waals surface area (Å²) >= 11 is 0. The Morgan fingerprint density at radius 1 is 0.523 bits per heavy atom. The molecular formula is C59H96O27. The van der Waals surface area contributed by atoms with Crippen LogP contribution in [0, 0.1) is 50.2 Å². The smallest absolute Gasteiger partial charge is 0.318 e. The highest BCUT2D eigenvalue weighted by molar-refractivity contribution is 5.82. The molecule has 9 fully saturated rings. The van der Waals surface area contributed by atoms with Crippen LogP contribution in [0.3, 0.4) is 0 Å². The van der Waals surface area contributed by atoms with Crippen molar-refractivity contribution >= 4 is 5.97 Å². The van der Waals surface area contributed by atoms with Gasteiger partial charge in [0.25, 0.3) is 0 Å². The largest absolute Gasteiger partial charge is 0.432 e. The van der Waals surface area contributed by atoms with Crippen LogP contribution in [0.5, 0.6) is 0 Å². The molecule has 86 heavy (non-hydrogen) atoms. The minimum absolute atomic E-state index is 0.0763. The van der Waals surface area contributed by atoms with E-state index in [1.807, 2.05) is 6.92 Å². The summed E-state index contributed by atoms with van der Waals surface area (Å²) in [6.07, 6.45) is -31.3. The van der Waals surface area contributed by atoms with E-state index < -0.39 is 190 Å². The van der Waals surface area contributed by atoms with Crippen LogP contribution in [0.2, 0.25) is 0 Å². The predicted octanol–water partition coefficient (Wildman–Crippen LogP) is -3.57. The first-order valence-electron chi connectivity index (χ1n) is 30.8. The number of esters is 1. The van der Waals surface area contributed by atoms with Gasteiger partial charge in [0.2, 0.25) is 6.29 Å². The van der Waals surface area contributed by atoms with Gasteiger partial charge in [-0.15, -0.1) is 0 Å². The molecule has 5 aliphatic carbocycles. The minimum Gasteiger partial charge on any atom is -0.432 e. The summed E-state index contributed by atoms with van der Waals surface area (Å²) in [5.41, 5.74) is -2.34. The molecular weight excluding hydrogens is 1140 g/mol. The first-order valence-corrected chi connectivity index (χ1v) is 30.8. The molecule has 0 aromatic heterocycles. The molecule has 0 spiro atoms. The standard InChI is InChI=1S/C59H96O27/c1-24-34(64)46(84-49-43(73)40(70)37(67)29(20-61)81-49)45(75)51(79-24)85-47-35(65)27(63)21-77-52(47)83-33-11-12-55(4)31(56(33,5)23-62)10-13-58(7)32(55)9-8-25-26-18-54(2,3)14-16-59(26,17-15-57(25,58)6)53(76)86-50-44(74)41(71)38(68)30(82-50)22-78-48-42(72)39(69)36(66)28(19-60)80-48/h18,24-25,27-52,60-75H,8-17,19-23H2,1-7H3/t24-,25+,27-,28+,29+,30+,31+,32+,33-,34-,35-,36+,37+,38+,39-,40-,41-,42+,43+,44+,45+,46+,47+,48+,49-,50-,51-,52-,55-,56-,57+,58+,59-/m0/s1. The first kappa shape index (κ1) is 67.1. The van der Waals surface area contributed by atoms with Gasteiger partial charge in [-0.2, -0.15) is 0 Å². The number of hydrogen-bond acceptors (Lipinski definition) is 27. The lowest BCUT2D eigenvalue weighted by Crippen LogP contribution is -2.68. The van der Waals surface area contributed by atoms with E-state index in [0.717, 1.165) is 24.8 Å². The van der Waals surface area contributed by atoms with Crippen molar-refractivity contribution in [3.05, 3.63) is 11.6 Å². The van der Waals surface area contributed by atoms with Crippen molar-refractivity contribution in [3.8, 4) is 0 Å². The van der Waals surface area contributed by atoms with Gasteiger partial charge in [0.05, 0.1) is 50.7 Å². The quantitative estimate of drug-likeness (QED) is 0.0454. The molecule has 27 heteroatoms. The number of allylic oxidation sites excluding steroid dienone is 1. The molecule has 10 rings (SSSR count). The van der Waals surface area contributed by atoms with Crippen molar-refractivity contribution in [2.24, 2.45) is 50.2 Å². The number of ether oxygens (including phenoxy) is 10. The molecule has 33 atom stereocenters. The number of rotatable bonds is 14. The van der Waals surface area contributed by atoms with E-state index in [9.17, 15) is 81.7 Å². The number of carbonyl (C=O) groups excluding carboxylic acids is 1. The van der Waals surface area contributed by atoms with Crippen molar-refractivity contribution in [2.75, 3.05) is 33.0 Å². The minimum atomic E-state index is -1.87. The lowest BCUT2D eigenvalue weighted by Gasteiger charge is -2.72. The monoisotopic (exact) mass is 1240 g/mol. The number of fused-ring (bicyclic) bond motifs is 7. The Morgan fingerprint density at radius 2 is 1.09 bits per heavy atom. The SMILES string of the molecule is C[C@@H]1O[C@@H](O[C@H]2[C@H](O[C@H]3CC[C@@]4(C)[C@@H](CC[C@]5(C)[C@@H]4CC[C@@H]4C6=CC(C)(C)CC[C@]6(C(=O)O[C@@H]6O[C@H](CO[C@@H]7O[C@H](CO)[C@@H](O)[C@H](O)[C@H]7O)[C@@H](O)[C@H](O)[C@H]6O)CC[C@]45C)[C@]3(C)CO)OC[C@H](O)[C@@H]2O)[C@H](O)[C@H](O[C@@H]2O[C@H](CO)[C@@H](O)[C@H](O)[C@H]2O)[C@H]1O. The molecule has 0 bridgehead atoms. The van der Waals surface area contributed by atoms with Crippen molar-refractivity contribution in [1.82, 2.24) is 0 Å². The molecule has 0 radical (unpaired) electrons. The summed E-state index contributed by atoms with van der Waals surface area (Å²) in [7, 11) is 0. The van der Waals surface area contributed by atoms with Crippen LogP contribution < -0.4 is 0 Å². The van der Waals surface area contributed by atoms with Gasteiger partial charge in [-0.1, -0.05) is 53.2 Å². The van der Waals surface area contributed by atoms with Gasteiger partial charge < -0.3 is 129 Å². The third kappa shape index (κ3) is 11.2. The summed E-state index contributed by atoms with van der Waals surface area (Å²) in [4.78, 5) is 15.1. The molecule has 0 unspecified atom stereocenters. The van der Waals surface area contributed by atoms with Crippen LogP contribution in [0.4, 0.5) is 0 Å².